The van der Waals surface area contributed by atoms with E-state index in [4.69, 9.17) is 23.2 Å². The molecule has 15 heteroatoms. The Kier molecular flexibility index (Phi) is 12.7. The van der Waals surface area contributed by atoms with E-state index >= 15 is 0 Å². The summed E-state index contributed by atoms with van der Waals surface area (Å²) in [7, 11) is -3.38. The summed E-state index contributed by atoms with van der Waals surface area (Å²) < 4.78 is 24.7. The molecule has 0 aromatic heterocycles. The van der Waals surface area contributed by atoms with Crippen molar-refractivity contribution < 1.29 is 32.4 Å². The van der Waals surface area contributed by atoms with Gasteiger partial charge in [-0.25, -0.2) is 13.2 Å². The Balaban J connectivity index is 1.57. The number of unbranched alkanes of at least 4 members (excludes halogenated alkanes) is 1. The van der Waals surface area contributed by atoms with Crippen molar-refractivity contribution in [1.82, 2.24) is 26.2 Å². The van der Waals surface area contributed by atoms with Crippen LogP contribution in [0.15, 0.2) is 0 Å². The number of rotatable bonds is 12. The molecule has 5 atom stereocenters. The Morgan fingerprint density at radius 1 is 0.959 bits per heavy atom. The first-order chi connectivity index (χ1) is 22.8. The van der Waals surface area contributed by atoms with Gasteiger partial charge < -0.3 is 26.2 Å². The largest absolute Gasteiger partial charge is 0.347 e. The number of hydrogen-bond acceptors (Lipinski definition) is 7. The molecule has 4 N–H and O–H groups in total. The van der Waals surface area contributed by atoms with Gasteiger partial charge in [-0.05, 0) is 50.4 Å². The summed E-state index contributed by atoms with van der Waals surface area (Å²) in [5, 5.41) is 10.6. The number of urea groups is 1. The quantitative estimate of drug-likeness (QED) is 0.173. The lowest BCUT2D eigenvalue weighted by Crippen LogP contribution is -2.67. The van der Waals surface area contributed by atoms with Gasteiger partial charge >= 0.3 is 6.03 Å². The molecule has 49 heavy (non-hydrogen) atoms. The molecule has 12 nitrogen and oxygen atoms in total. The third-order valence-corrected chi connectivity index (χ3v) is 14.1. The topological polar surface area (TPSA) is 171 Å². The van der Waals surface area contributed by atoms with Crippen molar-refractivity contribution in [2.75, 3.05) is 12.3 Å². The summed E-state index contributed by atoms with van der Waals surface area (Å²) in [6.07, 6.45) is 7.67. The molecule has 0 aromatic rings. The average molecular weight is 749 g/mol. The van der Waals surface area contributed by atoms with Crippen LogP contribution in [0.1, 0.15) is 118 Å². The average Bonchev–Trinajstić information content (AvgIpc) is 3.76. The highest BCUT2D eigenvalue weighted by atomic mass is 35.5. The Morgan fingerprint density at radius 2 is 1.61 bits per heavy atom. The number of nitrogens with one attached hydrogen (secondary N) is 4. The number of carbonyl (C=O) groups is 5. The molecule has 2 saturated carbocycles. The third kappa shape index (κ3) is 9.61. The van der Waals surface area contributed by atoms with Crippen LogP contribution < -0.4 is 21.3 Å². The Bertz CT molecular complexity index is 1370. The SMILES string of the molecule is CCCC[C@H](NC(=O)[C@@H]1CC(Cl)(Cl)C(C)CN1C(=O)[C@@H](NC(=O)NC1(C2CCCS2(=O)=O)CCCCC1)C(C)(C)C)C(=O)C(=O)NC1CC1. The fourth-order valence-corrected chi connectivity index (χ4v) is 10.3. The zero-order chi connectivity index (χ0) is 36.4. The van der Waals surface area contributed by atoms with E-state index in [-0.39, 0.29) is 31.2 Å². The second kappa shape index (κ2) is 15.6. The van der Waals surface area contributed by atoms with E-state index in [2.05, 4.69) is 21.3 Å². The maximum Gasteiger partial charge on any atom is 0.315 e. The highest BCUT2D eigenvalue weighted by molar-refractivity contribution is 7.92. The van der Waals surface area contributed by atoms with E-state index in [1.54, 1.807) is 27.7 Å². The molecule has 0 aromatic carbocycles. The summed E-state index contributed by atoms with van der Waals surface area (Å²) in [4.78, 5) is 69.5. The number of likely N-dealkylation sites (tertiary alicyclic amines) is 1. The highest BCUT2D eigenvalue weighted by Gasteiger charge is 2.52. The van der Waals surface area contributed by atoms with Crippen molar-refractivity contribution >= 4 is 62.6 Å². The Hall–Kier alpha value is -2.12. The van der Waals surface area contributed by atoms with Crippen molar-refractivity contribution in [2.45, 2.75) is 157 Å². The molecular weight excluding hydrogens is 693 g/mol. The van der Waals surface area contributed by atoms with Crippen LogP contribution in [0.4, 0.5) is 4.79 Å². The third-order valence-electron chi connectivity index (χ3n) is 10.7. The summed E-state index contributed by atoms with van der Waals surface area (Å²) in [5.74, 6) is -3.04. The van der Waals surface area contributed by atoms with Gasteiger partial charge in [0, 0.05) is 24.9 Å². The second-order valence-electron chi connectivity index (χ2n) is 15.8. The number of ketones is 1. The molecule has 0 spiro atoms. The van der Waals surface area contributed by atoms with Crippen LogP contribution in [0.25, 0.3) is 0 Å². The van der Waals surface area contributed by atoms with E-state index in [9.17, 15) is 32.4 Å². The number of halogens is 2. The van der Waals surface area contributed by atoms with E-state index in [0.29, 0.717) is 32.1 Å². The predicted molar refractivity (Wildman–Crippen MR) is 189 cm³/mol. The minimum Gasteiger partial charge on any atom is -0.347 e. The molecule has 2 unspecified atom stereocenters. The monoisotopic (exact) mass is 747 g/mol. The minimum atomic E-state index is -3.38. The van der Waals surface area contributed by atoms with Crippen LogP contribution in [0.5, 0.6) is 0 Å². The van der Waals surface area contributed by atoms with Gasteiger partial charge in [-0.1, -0.05) is 66.7 Å². The molecule has 2 heterocycles. The van der Waals surface area contributed by atoms with Crippen molar-refractivity contribution in [3.8, 4) is 0 Å². The van der Waals surface area contributed by atoms with Crippen LogP contribution in [0.3, 0.4) is 0 Å². The van der Waals surface area contributed by atoms with Crippen molar-refractivity contribution in [3.63, 3.8) is 0 Å². The molecule has 2 aliphatic heterocycles. The van der Waals surface area contributed by atoms with Crippen LogP contribution >= 0.6 is 23.2 Å². The van der Waals surface area contributed by atoms with Crippen LogP contribution in [-0.4, -0.2) is 94.4 Å². The van der Waals surface area contributed by atoms with Gasteiger partial charge in [-0.3, -0.25) is 19.2 Å². The van der Waals surface area contributed by atoms with Gasteiger partial charge in [0.05, 0.1) is 22.6 Å². The zero-order valence-corrected chi connectivity index (χ0v) is 31.9. The number of Topliss-reactive ketones (excluding diaryl/α,β-unsaturated/α-hetero) is 1. The van der Waals surface area contributed by atoms with Crippen molar-refractivity contribution in [3.05, 3.63) is 0 Å². The van der Waals surface area contributed by atoms with Gasteiger partial charge in [-0.2, -0.15) is 0 Å². The fraction of sp³-hybridized carbons (Fsp3) is 0.853. The maximum absolute atomic E-state index is 14.5. The fourth-order valence-electron chi connectivity index (χ4n) is 7.52. The van der Waals surface area contributed by atoms with E-state index < -0.39 is 84.0 Å². The minimum absolute atomic E-state index is 0.000205. The first-order valence-corrected chi connectivity index (χ1v) is 20.4. The molecule has 278 valence electrons. The number of amides is 5. The van der Waals surface area contributed by atoms with Crippen LogP contribution in [-0.2, 0) is 29.0 Å². The Morgan fingerprint density at radius 3 is 2.16 bits per heavy atom. The highest BCUT2D eigenvalue weighted by Crippen LogP contribution is 2.42. The Labute approximate surface area is 301 Å². The summed E-state index contributed by atoms with van der Waals surface area (Å²) in [6, 6.07) is -4.07. The van der Waals surface area contributed by atoms with E-state index in [1.807, 2.05) is 6.92 Å². The number of sulfone groups is 1. The van der Waals surface area contributed by atoms with Crippen LogP contribution in [0.2, 0.25) is 0 Å². The van der Waals surface area contributed by atoms with Gasteiger partial charge in [-0.15, -0.1) is 23.2 Å². The lowest BCUT2D eigenvalue weighted by molar-refractivity contribution is -0.148. The standard InChI is InChI=1S/C34H55Cl2N5O7S/c1-6-7-12-23(26(42)29(44)37-22-14-15-22)38-28(43)24-19-34(35,36)21(2)20-41(24)30(45)27(32(3,4)5)39-31(46)40-33(16-9-8-10-17-33)25-13-11-18-49(25,47)48/h21-25,27H,6-20H2,1-5H3,(H,37,44)(H,38,43)(H2,39,40,46)/t21?,23-,24-,25?,27+/m0/s1. The molecule has 2 aliphatic carbocycles. The van der Waals surface area contributed by atoms with Gasteiger partial charge in [0.25, 0.3) is 5.91 Å². The first-order valence-electron chi connectivity index (χ1n) is 17.9. The molecule has 4 rings (SSSR count). The lowest BCUT2D eigenvalue weighted by Gasteiger charge is -2.47. The lowest BCUT2D eigenvalue weighted by atomic mass is 9.78. The first kappa shape index (κ1) is 39.7. The van der Waals surface area contributed by atoms with Gasteiger partial charge in [0.2, 0.25) is 17.6 Å². The smallest absolute Gasteiger partial charge is 0.315 e. The normalized spacial score (nSPS) is 27.3. The molecule has 4 fully saturated rings. The molecule has 4 aliphatic rings. The number of carbonyl (C=O) groups excluding carboxylic acids is 5. The maximum atomic E-state index is 14.5. The zero-order valence-electron chi connectivity index (χ0n) is 29.5. The second-order valence-corrected chi connectivity index (χ2v) is 19.6. The predicted octanol–water partition coefficient (Wildman–Crippen LogP) is 3.91. The number of alkyl halides is 2. The molecule has 0 bridgehead atoms. The molecular formula is C34H55Cl2N5O7S. The summed E-state index contributed by atoms with van der Waals surface area (Å²) in [6.45, 7) is 9.08. The molecule has 5 amide bonds. The summed E-state index contributed by atoms with van der Waals surface area (Å²) >= 11 is 13.4. The van der Waals surface area contributed by atoms with E-state index in [0.717, 1.165) is 38.5 Å². The van der Waals surface area contributed by atoms with Gasteiger partial charge in [0.1, 0.15) is 16.4 Å². The number of hydrogen-bond donors (Lipinski definition) is 4. The van der Waals surface area contributed by atoms with Gasteiger partial charge in [0.15, 0.2) is 9.84 Å². The van der Waals surface area contributed by atoms with Crippen molar-refractivity contribution in [2.24, 2.45) is 11.3 Å². The summed E-state index contributed by atoms with van der Waals surface area (Å²) in [5.41, 5.74) is -1.75. The molecule has 0 radical (unpaired) electrons. The van der Waals surface area contributed by atoms with Crippen LogP contribution in [0, 0.1) is 11.3 Å². The van der Waals surface area contributed by atoms with Crippen molar-refractivity contribution in [1.29, 1.82) is 0 Å². The number of nitrogens with zero attached hydrogens (tertiary/aromatic N) is 1. The molecule has 2 saturated heterocycles. The number of piperidine rings is 1. The van der Waals surface area contributed by atoms with E-state index in [1.165, 1.54) is 4.90 Å².